The summed E-state index contributed by atoms with van der Waals surface area (Å²) in [7, 11) is 2.54. The van der Waals surface area contributed by atoms with E-state index in [1.165, 1.54) is 25.6 Å². The highest BCUT2D eigenvalue weighted by Gasteiger charge is 2.18. The lowest BCUT2D eigenvalue weighted by Crippen LogP contribution is -2.13. The molecule has 0 aliphatic heterocycles. The highest BCUT2D eigenvalue weighted by atomic mass is 79.9. The smallest absolute Gasteiger partial charge is 0.351 e. The number of ether oxygens (including phenoxy) is 3. The first-order valence-electron chi connectivity index (χ1n) is 4.15. The summed E-state index contributed by atoms with van der Waals surface area (Å²) in [6, 6.07) is 1.60. The maximum absolute atomic E-state index is 11.3. The molecule has 0 saturated carbocycles. The van der Waals surface area contributed by atoms with Gasteiger partial charge in [-0.1, -0.05) is 0 Å². The second kappa shape index (κ2) is 5.86. The Hall–Kier alpha value is -1.08. The molecule has 0 radical (unpaired) electrons. The Labute approximate surface area is 104 Å². The van der Waals surface area contributed by atoms with Crippen LogP contribution in [-0.4, -0.2) is 32.8 Å². The fraction of sp³-hybridized carbons (Fsp3) is 0.333. The summed E-state index contributed by atoms with van der Waals surface area (Å²) in [4.78, 5) is 22.5. The van der Waals surface area contributed by atoms with E-state index >= 15 is 0 Å². The highest BCUT2D eigenvalue weighted by Crippen LogP contribution is 2.33. The molecule has 0 N–H and O–H groups in total. The Kier molecular flexibility index (Phi) is 4.75. The number of rotatable bonds is 4. The van der Waals surface area contributed by atoms with E-state index in [9.17, 15) is 9.59 Å². The van der Waals surface area contributed by atoms with Crippen molar-refractivity contribution in [2.45, 2.75) is 0 Å². The summed E-state index contributed by atoms with van der Waals surface area (Å²) in [6.07, 6.45) is 0. The van der Waals surface area contributed by atoms with Gasteiger partial charge in [0.05, 0.1) is 18.0 Å². The van der Waals surface area contributed by atoms with Gasteiger partial charge in [0.15, 0.2) is 11.5 Å². The van der Waals surface area contributed by atoms with E-state index in [4.69, 9.17) is 4.74 Å². The molecule has 1 aromatic rings. The molecular formula is C9H9BrO5S. The Morgan fingerprint density at radius 3 is 2.62 bits per heavy atom. The SMILES string of the molecule is COC(=O)COc1cc(Br)sc1C(=O)OC. The van der Waals surface area contributed by atoms with Crippen LogP contribution in [0.5, 0.6) is 5.75 Å². The Morgan fingerprint density at radius 2 is 2.06 bits per heavy atom. The van der Waals surface area contributed by atoms with Crippen molar-refractivity contribution in [3.8, 4) is 5.75 Å². The molecule has 88 valence electrons. The van der Waals surface area contributed by atoms with E-state index in [0.29, 0.717) is 14.4 Å². The van der Waals surface area contributed by atoms with Gasteiger partial charge in [-0.05, 0) is 15.9 Å². The number of hydrogen-bond donors (Lipinski definition) is 0. The number of thiophene rings is 1. The van der Waals surface area contributed by atoms with Gasteiger partial charge in [-0.15, -0.1) is 11.3 Å². The van der Waals surface area contributed by atoms with E-state index in [1.54, 1.807) is 6.07 Å². The predicted molar refractivity (Wildman–Crippen MR) is 60.9 cm³/mol. The average Bonchev–Trinajstić information content (AvgIpc) is 2.66. The van der Waals surface area contributed by atoms with Crippen LogP contribution in [0.25, 0.3) is 0 Å². The van der Waals surface area contributed by atoms with Crippen LogP contribution in [0, 0.1) is 0 Å². The van der Waals surface area contributed by atoms with Gasteiger partial charge in [-0.3, -0.25) is 0 Å². The van der Waals surface area contributed by atoms with Gasteiger partial charge in [0.25, 0.3) is 0 Å². The van der Waals surface area contributed by atoms with E-state index in [2.05, 4.69) is 25.4 Å². The van der Waals surface area contributed by atoms with Crippen molar-refractivity contribution < 1.29 is 23.8 Å². The van der Waals surface area contributed by atoms with Crippen LogP contribution in [-0.2, 0) is 14.3 Å². The molecule has 5 nitrogen and oxygen atoms in total. The molecule has 1 aromatic heterocycles. The second-order valence-corrected chi connectivity index (χ2v) is 5.03. The van der Waals surface area contributed by atoms with Crippen molar-refractivity contribution in [2.24, 2.45) is 0 Å². The molecule has 7 heteroatoms. The molecule has 0 saturated heterocycles. The van der Waals surface area contributed by atoms with Crippen molar-refractivity contribution in [3.63, 3.8) is 0 Å². The summed E-state index contributed by atoms with van der Waals surface area (Å²) < 4.78 is 14.8. The maximum Gasteiger partial charge on any atom is 0.351 e. The van der Waals surface area contributed by atoms with Crippen molar-refractivity contribution >= 4 is 39.2 Å². The highest BCUT2D eigenvalue weighted by molar-refractivity contribution is 9.11. The largest absolute Gasteiger partial charge is 0.480 e. The Balaban J connectivity index is 2.78. The minimum Gasteiger partial charge on any atom is -0.480 e. The van der Waals surface area contributed by atoms with Gasteiger partial charge in [0.2, 0.25) is 0 Å². The molecular weight excluding hydrogens is 300 g/mol. The maximum atomic E-state index is 11.3. The third-order valence-electron chi connectivity index (χ3n) is 1.61. The summed E-state index contributed by atoms with van der Waals surface area (Å²) in [5, 5.41) is 0. The lowest BCUT2D eigenvalue weighted by Gasteiger charge is -2.04. The Bertz CT molecular complexity index is 401. The first-order valence-corrected chi connectivity index (χ1v) is 5.76. The number of esters is 2. The Morgan fingerprint density at radius 1 is 1.38 bits per heavy atom. The molecule has 0 unspecified atom stereocenters. The van der Waals surface area contributed by atoms with Crippen LogP contribution in [0.3, 0.4) is 0 Å². The van der Waals surface area contributed by atoms with Crippen molar-refractivity contribution in [3.05, 3.63) is 14.7 Å². The van der Waals surface area contributed by atoms with Crippen molar-refractivity contribution in [1.82, 2.24) is 0 Å². The van der Waals surface area contributed by atoms with Crippen LogP contribution in [0.1, 0.15) is 9.67 Å². The van der Waals surface area contributed by atoms with Crippen LogP contribution in [0.2, 0.25) is 0 Å². The molecule has 0 bridgehead atoms. The van der Waals surface area contributed by atoms with Crippen molar-refractivity contribution in [2.75, 3.05) is 20.8 Å². The zero-order valence-corrected chi connectivity index (χ0v) is 11.0. The molecule has 0 aromatic carbocycles. The van der Waals surface area contributed by atoms with Gasteiger partial charge in [-0.25, -0.2) is 9.59 Å². The molecule has 0 amide bonds. The molecule has 0 aliphatic carbocycles. The van der Waals surface area contributed by atoms with Gasteiger partial charge in [0, 0.05) is 6.07 Å². The fourth-order valence-electron chi connectivity index (χ4n) is 0.884. The monoisotopic (exact) mass is 308 g/mol. The van der Waals surface area contributed by atoms with E-state index < -0.39 is 11.9 Å². The number of hydrogen-bond acceptors (Lipinski definition) is 6. The topological polar surface area (TPSA) is 61.8 Å². The van der Waals surface area contributed by atoms with Gasteiger partial charge >= 0.3 is 11.9 Å². The first-order chi connectivity index (χ1) is 7.58. The van der Waals surface area contributed by atoms with Gasteiger partial charge in [-0.2, -0.15) is 0 Å². The predicted octanol–water partition coefficient (Wildman–Crippen LogP) is 1.85. The third kappa shape index (κ3) is 3.21. The molecule has 1 rings (SSSR count). The molecule has 0 aliphatic rings. The fourth-order valence-corrected chi connectivity index (χ4v) is 2.32. The van der Waals surface area contributed by atoms with E-state index in [1.807, 2.05) is 0 Å². The van der Waals surface area contributed by atoms with Crippen LogP contribution >= 0.6 is 27.3 Å². The van der Waals surface area contributed by atoms with E-state index in [0.717, 1.165) is 0 Å². The van der Waals surface area contributed by atoms with Gasteiger partial charge < -0.3 is 14.2 Å². The van der Waals surface area contributed by atoms with Crippen LogP contribution in [0.4, 0.5) is 0 Å². The minimum absolute atomic E-state index is 0.246. The zero-order chi connectivity index (χ0) is 12.1. The quantitative estimate of drug-likeness (QED) is 0.794. The summed E-state index contributed by atoms with van der Waals surface area (Å²) in [5.74, 6) is -0.720. The zero-order valence-electron chi connectivity index (χ0n) is 8.61. The number of carbonyl (C=O) groups is 2. The average molecular weight is 309 g/mol. The van der Waals surface area contributed by atoms with Crippen molar-refractivity contribution in [1.29, 1.82) is 0 Å². The number of halogens is 1. The van der Waals surface area contributed by atoms with Crippen LogP contribution in [0.15, 0.2) is 9.85 Å². The molecule has 16 heavy (non-hydrogen) atoms. The second-order valence-electron chi connectivity index (χ2n) is 2.60. The van der Waals surface area contributed by atoms with Gasteiger partial charge in [0.1, 0.15) is 5.75 Å². The molecule has 1 heterocycles. The minimum atomic E-state index is -0.516. The lowest BCUT2D eigenvalue weighted by molar-refractivity contribution is -0.142. The molecule has 0 atom stereocenters. The standard InChI is InChI=1S/C9H9BrO5S/c1-13-7(11)4-15-5-3-6(10)16-8(5)9(12)14-2/h3H,4H2,1-2H3. The first kappa shape index (κ1) is 13.0. The number of methoxy groups -OCH3 is 2. The lowest BCUT2D eigenvalue weighted by atomic mass is 10.4. The molecule has 0 spiro atoms. The summed E-state index contributed by atoms with van der Waals surface area (Å²) in [5.41, 5.74) is 0. The van der Waals surface area contributed by atoms with E-state index in [-0.39, 0.29) is 6.61 Å². The number of carbonyl (C=O) groups excluding carboxylic acids is 2. The van der Waals surface area contributed by atoms with Crippen LogP contribution < -0.4 is 4.74 Å². The third-order valence-corrected chi connectivity index (χ3v) is 3.21. The summed E-state index contributed by atoms with van der Waals surface area (Å²) in [6.45, 7) is -0.246. The normalized spacial score (nSPS) is 9.69. The summed E-state index contributed by atoms with van der Waals surface area (Å²) >= 11 is 4.39. The molecule has 0 fully saturated rings.